The zero-order chi connectivity index (χ0) is 15.3. The van der Waals surface area contributed by atoms with Gasteiger partial charge in [0.1, 0.15) is 5.02 Å². The maximum Gasteiger partial charge on any atom is 0.290 e. The lowest BCUT2D eigenvalue weighted by Gasteiger charge is -2.21. The van der Waals surface area contributed by atoms with Crippen LogP contribution in [-0.4, -0.2) is 28.8 Å². The molecule has 0 fully saturated rings. The van der Waals surface area contributed by atoms with E-state index in [2.05, 4.69) is 0 Å². The summed E-state index contributed by atoms with van der Waals surface area (Å²) in [5, 5.41) is 10.8. The second-order valence-corrected chi connectivity index (χ2v) is 5.13. The van der Waals surface area contributed by atoms with Crippen LogP contribution in [0, 0.1) is 10.1 Å². The van der Waals surface area contributed by atoms with Crippen LogP contribution in [-0.2, 0) is 0 Å². The number of halogens is 2. The van der Waals surface area contributed by atoms with Gasteiger partial charge >= 0.3 is 0 Å². The summed E-state index contributed by atoms with van der Waals surface area (Å²) < 4.78 is 0. The molecular formula is C13H16Cl2N2O3. The van der Waals surface area contributed by atoms with Gasteiger partial charge in [0.05, 0.1) is 9.95 Å². The minimum absolute atomic E-state index is 0.0113. The van der Waals surface area contributed by atoms with Gasteiger partial charge in [-0.15, -0.1) is 0 Å². The SMILES string of the molecule is CCCN(CCC)C(=O)c1cc(Cl)c(Cl)c([N+](=O)[O-])c1. The molecule has 0 aliphatic heterocycles. The average Bonchev–Trinajstić information content (AvgIpc) is 2.40. The highest BCUT2D eigenvalue weighted by Gasteiger charge is 2.22. The zero-order valence-electron chi connectivity index (χ0n) is 11.4. The fourth-order valence-corrected chi connectivity index (χ4v) is 2.26. The number of benzene rings is 1. The Hall–Kier alpha value is -1.33. The summed E-state index contributed by atoms with van der Waals surface area (Å²) in [4.78, 5) is 24.3. The van der Waals surface area contributed by atoms with E-state index in [0.717, 1.165) is 12.8 Å². The first-order valence-electron chi connectivity index (χ1n) is 6.35. The van der Waals surface area contributed by atoms with Gasteiger partial charge in [0.2, 0.25) is 0 Å². The number of nitro benzene ring substituents is 1. The summed E-state index contributed by atoms with van der Waals surface area (Å²) >= 11 is 11.6. The van der Waals surface area contributed by atoms with Crippen molar-refractivity contribution in [2.24, 2.45) is 0 Å². The van der Waals surface area contributed by atoms with Crippen molar-refractivity contribution in [1.82, 2.24) is 4.90 Å². The molecule has 1 aromatic carbocycles. The second-order valence-electron chi connectivity index (χ2n) is 4.34. The average molecular weight is 319 g/mol. The van der Waals surface area contributed by atoms with Crippen molar-refractivity contribution in [1.29, 1.82) is 0 Å². The van der Waals surface area contributed by atoms with E-state index < -0.39 is 4.92 Å². The van der Waals surface area contributed by atoms with Gasteiger partial charge in [0.15, 0.2) is 0 Å². The molecule has 0 saturated heterocycles. The number of nitrogens with zero attached hydrogens (tertiary/aromatic N) is 2. The molecule has 1 aromatic rings. The van der Waals surface area contributed by atoms with Crippen molar-refractivity contribution in [2.45, 2.75) is 26.7 Å². The summed E-state index contributed by atoms with van der Waals surface area (Å²) in [5.41, 5.74) is -0.163. The molecule has 1 rings (SSSR count). The molecule has 0 spiro atoms. The largest absolute Gasteiger partial charge is 0.339 e. The van der Waals surface area contributed by atoms with Crippen molar-refractivity contribution in [3.8, 4) is 0 Å². The molecule has 0 radical (unpaired) electrons. The van der Waals surface area contributed by atoms with Crippen molar-refractivity contribution < 1.29 is 9.72 Å². The number of rotatable bonds is 6. The minimum atomic E-state index is -0.644. The van der Waals surface area contributed by atoms with E-state index >= 15 is 0 Å². The van der Waals surface area contributed by atoms with Crippen molar-refractivity contribution >= 4 is 34.8 Å². The van der Waals surface area contributed by atoms with Crippen LogP contribution < -0.4 is 0 Å². The maximum absolute atomic E-state index is 12.4. The van der Waals surface area contributed by atoms with Crippen LogP contribution in [0.3, 0.4) is 0 Å². The topological polar surface area (TPSA) is 63.5 Å². The Balaban J connectivity index is 3.18. The molecule has 20 heavy (non-hydrogen) atoms. The van der Waals surface area contributed by atoms with E-state index in [9.17, 15) is 14.9 Å². The highest BCUT2D eigenvalue weighted by Crippen LogP contribution is 2.33. The molecule has 1 amide bonds. The molecule has 0 aromatic heterocycles. The number of hydrogen-bond donors (Lipinski definition) is 0. The van der Waals surface area contributed by atoms with E-state index in [1.54, 1.807) is 4.90 Å². The normalized spacial score (nSPS) is 10.4. The van der Waals surface area contributed by atoms with Crippen LogP contribution in [0.5, 0.6) is 0 Å². The van der Waals surface area contributed by atoms with E-state index in [4.69, 9.17) is 23.2 Å². The third-order valence-corrected chi connectivity index (χ3v) is 3.52. The van der Waals surface area contributed by atoms with Gasteiger partial charge < -0.3 is 4.90 Å². The molecule has 0 N–H and O–H groups in total. The van der Waals surface area contributed by atoms with E-state index in [-0.39, 0.29) is 27.2 Å². The number of nitro groups is 1. The highest BCUT2D eigenvalue weighted by atomic mass is 35.5. The standard InChI is InChI=1S/C13H16Cl2N2O3/c1-3-5-16(6-4-2)13(18)9-7-10(14)12(15)11(8-9)17(19)20/h7-8H,3-6H2,1-2H3. The molecule has 0 bridgehead atoms. The Kier molecular flexibility index (Phi) is 6.23. The number of amides is 1. The number of carbonyl (C=O) groups excluding carboxylic acids is 1. The van der Waals surface area contributed by atoms with E-state index in [1.165, 1.54) is 12.1 Å². The van der Waals surface area contributed by atoms with E-state index in [1.807, 2.05) is 13.8 Å². The molecule has 0 atom stereocenters. The summed E-state index contributed by atoms with van der Waals surface area (Å²) in [6, 6.07) is 2.55. The first-order valence-corrected chi connectivity index (χ1v) is 7.10. The van der Waals surface area contributed by atoms with Crippen LogP contribution in [0.15, 0.2) is 12.1 Å². The minimum Gasteiger partial charge on any atom is -0.339 e. The Labute approximate surface area is 127 Å². The van der Waals surface area contributed by atoms with E-state index in [0.29, 0.717) is 13.1 Å². The lowest BCUT2D eigenvalue weighted by molar-refractivity contribution is -0.384. The molecule has 0 aliphatic carbocycles. The zero-order valence-corrected chi connectivity index (χ0v) is 12.9. The summed E-state index contributed by atoms with van der Waals surface area (Å²) in [5.74, 6) is -0.268. The second kappa shape index (κ2) is 7.45. The first kappa shape index (κ1) is 16.7. The van der Waals surface area contributed by atoms with Gasteiger partial charge in [-0.25, -0.2) is 0 Å². The van der Waals surface area contributed by atoms with Crippen LogP contribution in [0.4, 0.5) is 5.69 Å². The van der Waals surface area contributed by atoms with Gasteiger partial charge in [0.25, 0.3) is 11.6 Å². The summed E-state index contributed by atoms with van der Waals surface area (Å²) in [6.07, 6.45) is 1.63. The highest BCUT2D eigenvalue weighted by molar-refractivity contribution is 6.43. The van der Waals surface area contributed by atoms with Crippen LogP contribution in [0.1, 0.15) is 37.0 Å². The third-order valence-electron chi connectivity index (χ3n) is 2.73. The molecule has 7 heteroatoms. The van der Waals surface area contributed by atoms with Gasteiger partial charge in [-0.2, -0.15) is 0 Å². The molecular weight excluding hydrogens is 303 g/mol. The first-order chi connectivity index (χ1) is 9.42. The van der Waals surface area contributed by atoms with Gasteiger partial charge in [-0.05, 0) is 18.9 Å². The predicted molar refractivity (Wildman–Crippen MR) is 79.6 cm³/mol. The van der Waals surface area contributed by atoms with Gasteiger partial charge in [-0.1, -0.05) is 37.0 Å². The molecule has 0 aliphatic rings. The fraction of sp³-hybridized carbons (Fsp3) is 0.462. The molecule has 110 valence electrons. The lowest BCUT2D eigenvalue weighted by Crippen LogP contribution is -2.32. The third kappa shape index (κ3) is 3.84. The summed E-state index contributed by atoms with van der Waals surface area (Å²) in [6.45, 7) is 5.13. The lowest BCUT2D eigenvalue weighted by atomic mass is 10.1. The van der Waals surface area contributed by atoms with Crippen molar-refractivity contribution in [2.75, 3.05) is 13.1 Å². The Morgan fingerprint density at radius 1 is 1.25 bits per heavy atom. The maximum atomic E-state index is 12.4. The molecule has 0 unspecified atom stereocenters. The van der Waals surface area contributed by atoms with Gasteiger partial charge in [-0.3, -0.25) is 14.9 Å². The van der Waals surface area contributed by atoms with Crippen LogP contribution >= 0.6 is 23.2 Å². The molecule has 0 heterocycles. The molecule has 5 nitrogen and oxygen atoms in total. The Morgan fingerprint density at radius 2 is 1.80 bits per heavy atom. The van der Waals surface area contributed by atoms with Crippen LogP contribution in [0.25, 0.3) is 0 Å². The fourth-order valence-electron chi connectivity index (χ4n) is 1.87. The Morgan fingerprint density at radius 3 is 2.25 bits per heavy atom. The Bertz CT molecular complexity index is 515. The monoisotopic (exact) mass is 318 g/mol. The van der Waals surface area contributed by atoms with Gasteiger partial charge in [0, 0.05) is 24.7 Å². The quantitative estimate of drug-likeness (QED) is 0.584. The summed E-state index contributed by atoms with van der Waals surface area (Å²) in [7, 11) is 0. The van der Waals surface area contributed by atoms with Crippen LogP contribution in [0.2, 0.25) is 10.0 Å². The molecule has 0 saturated carbocycles. The van der Waals surface area contributed by atoms with Crippen molar-refractivity contribution in [3.63, 3.8) is 0 Å². The number of hydrogen-bond acceptors (Lipinski definition) is 3. The number of carbonyl (C=O) groups is 1. The smallest absolute Gasteiger partial charge is 0.290 e. The predicted octanol–water partition coefficient (Wildman–Crippen LogP) is 4.16. The van der Waals surface area contributed by atoms with Crippen molar-refractivity contribution in [3.05, 3.63) is 37.9 Å².